The van der Waals surface area contributed by atoms with Crippen molar-refractivity contribution < 1.29 is 4.42 Å². The predicted octanol–water partition coefficient (Wildman–Crippen LogP) is 3.17. The molecule has 0 amide bonds. The molecule has 2 rings (SSSR count). The van der Waals surface area contributed by atoms with Crippen molar-refractivity contribution in [2.75, 3.05) is 0 Å². The maximum absolute atomic E-state index is 5.75. The summed E-state index contributed by atoms with van der Waals surface area (Å²) in [5.41, 5.74) is 0.985. The number of thioether (sulfide) groups is 1. The summed E-state index contributed by atoms with van der Waals surface area (Å²) in [6.45, 7) is 6.97. The molecule has 0 bridgehead atoms. The molecule has 19 heavy (non-hydrogen) atoms. The first-order valence-corrected chi connectivity index (χ1v) is 7.35. The lowest BCUT2D eigenvalue weighted by Crippen LogP contribution is -2.21. The Balaban J connectivity index is 1.86. The van der Waals surface area contributed by atoms with Gasteiger partial charge in [-0.05, 0) is 25.1 Å². The Morgan fingerprint density at radius 1 is 1.26 bits per heavy atom. The van der Waals surface area contributed by atoms with Gasteiger partial charge in [0.05, 0.1) is 12.3 Å². The minimum atomic E-state index is 0.462. The van der Waals surface area contributed by atoms with E-state index < -0.39 is 0 Å². The average molecular weight is 277 g/mol. The Morgan fingerprint density at radius 3 is 2.79 bits per heavy atom. The van der Waals surface area contributed by atoms with Crippen LogP contribution in [0.25, 0.3) is 0 Å². The van der Waals surface area contributed by atoms with E-state index in [2.05, 4.69) is 29.1 Å². The van der Waals surface area contributed by atoms with E-state index >= 15 is 0 Å². The van der Waals surface area contributed by atoms with Gasteiger partial charge in [0.15, 0.2) is 5.16 Å². The molecule has 0 aliphatic carbocycles. The Kier molecular flexibility index (Phi) is 4.99. The molecule has 0 atom stereocenters. The predicted molar refractivity (Wildman–Crippen MR) is 77.0 cm³/mol. The first-order valence-electron chi connectivity index (χ1n) is 6.37. The SMILES string of the molecule is Cc1ccnc(SCc2ccc(CNC(C)C)o2)n1. The van der Waals surface area contributed by atoms with Crippen molar-refractivity contribution in [3.05, 3.63) is 41.6 Å². The second-order valence-electron chi connectivity index (χ2n) is 4.67. The summed E-state index contributed by atoms with van der Waals surface area (Å²) in [6.07, 6.45) is 1.78. The Bertz CT molecular complexity index is 525. The first kappa shape index (κ1) is 14.1. The molecule has 5 heteroatoms. The average Bonchev–Trinajstić information content (AvgIpc) is 2.82. The quantitative estimate of drug-likeness (QED) is 0.649. The lowest BCUT2D eigenvalue weighted by atomic mass is 10.3. The second-order valence-corrected chi connectivity index (χ2v) is 5.62. The third-order valence-corrected chi connectivity index (χ3v) is 3.40. The molecule has 2 heterocycles. The van der Waals surface area contributed by atoms with E-state index in [9.17, 15) is 0 Å². The second kappa shape index (κ2) is 6.73. The highest BCUT2D eigenvalue weighted by atomic mass is 32.2. The van der Waals surface area contributed by atoms with Crippen LogP contribution in [0.15, 0.2) is 34.0 Å². The molecule has 0 radical (unpaired) electrons. The van der Waals surface area contributed by atoms with Crippen molar-refractivity contribution >= 4 is 11.8 Å². The number of nitrogens with zero attached hydrogens (tertiary/aromatic N) is 2. The van der Waals surface area contributed by atoms with E-state index in [0.29, 0.717) is 6.04 Å². The summed E-state index contributed by atoms with van der Waals surface area (Å²) >= 11 is 1.59. The van der Waals surface area contributed by atoms with Gasteiger partial charge in [-0.25, -0.2) is 9.97 Å². The zero-order valence-corrected chi connectivity index (χ0v) is 12.3. The number of hydrogen-bond donors (Lipinski definition) is 1. The van der Waals surface area contributed by atoms with E-state index in [1.54, 1.807) is 18.0 Å². The van der Waals surface area contributed by atoms with Crippen molar-refractivity contribution in [3.8, 4) is 0 Å². The van der Waals surface area contributed by atoms with Crippen LogP contribution < -0.4 is 5.32 Å². The van der Waals surface area contributed by atoms with Crippen molar-refractivity contribution in [2.24, 2.45) is 0 Å². The number of aromatic nitrogens is 2. The highest BCUT2D eigenvalue weighted by Gasteiger charge is 2.05. The molecule has 0 fully saturated rings. The highest BCUT2D eigenvalue weighted by Crippen LogP contribution is 2.20. The van der Waals surface area contributed by atoms with Crippen molar-refractivity contribution in [1.29, 1.82) is 0 Å². The fourth-order valence-corrected chi connectivity index (χ4v) is 2.30. The van der Waals surface area contributed by atoms with E-state index in [-0.39, 0.29) is 0 Å². The molecule has 0 saturated heterocycles. The largest absolute Gasteiger partial charge is 0.464 e. The third kappa shape index (κ3) is 4.69. The number of hydrogen-bond acceptors (Lipinski definition) is 5. The molecule has 0 aliphatic rings. The summed E-state index contributed by atoms with van der Waals surface area (Å²) in [6, 6.07) is 6.39. The van der Waals surface area contributed by atoms with Crippen LogP contribution in [0.5, 0.6) is 0 Å². The summed E-state index contributed by atoms with van der Waals surface area (Å²) in [4.78, 5) is 8.57. The monoisotopic (exact) mass is 277 g/mol. The fraction of sp³-hybridized carbons (Fsp3) is 0.429. The van der Waals surface area contributed by atoms with Crippen LogP contribution in [-0.2, 0) is 12.3 Å². The van der Waals surface area contributed by atoms with Gasteiger partial charge in [0, 0.05) is 17.9 Å². The molecule has 0 aromatic carbocycles. The first-order chi connectivity index (χ1) is 9.13. The van der Waals surface area contributed by atoms with E-state index in [1.807, 2.05) is 25.1 Å². The van der Waals surface area contributed by atoms with Crippen LogP contribution in [0.4, 0.5) is 0 Å². The molecule has 0 saturated carbocycles. The van der Waals surface area contributed by atoms with E-state index in [1.165, 1.54) is 0 Å². The lowest BCUT2D eigenvalue weighted by molar-refractivity contribution is 0.445. The highest BCUT2D eigenvalue weighted by molar-refractivity contribution is 7.98. The molecule has 1 N–H and O–H groups in total. The molecule has 2 aromatic heterocycles. The smallest absolute Gasteiger partial charge is 0.188 e. The van der Waals surface area contributed by atoms with Gasteiger partial charge in [0.25, 0.3) is 0 Å². The van der Waals surface area contributed by atoms with Gasteiger partial charge < -0.3 is 9.73 Å². The number of rotatable bonds is 6. The van der Waals surface area contributed by atoms with Crippen molar-refractivity contribution in [3.63, 3.8) is 0 Å². The maximum Gasteiger partial charge on any atom is 0.188 e. The van der Waals surface area contributed by atoms with Gasteiger partial charge in [0.1, 0.15) is 11.5 Å². The summed E-state index contributed by atoms with van der Waals surface area (Å²) in [5, 5.41) is 4.12. The number of nitrogens with one attached hydrogen (secondary N) is 1. The van der Waals surface area contributed by atoms with Gasteiger partial charge in [-0.15, -0.1) is 0 Å². The van der Waals surface area contributed by atoms with Gasteiger partial charge in [-0.2, -0.15) is 0 Å². The zero-order valence-electron chi connectivity index (χ0n) is 11.5. The molecular formula is C14H19N3OS. The summed E-state index contributed by atoms with van der Waals surface area (Å²) in [7, 11) is 0. The van der Waals surface area contributed by atoms with Crippen LogP contribution in [0.1, 0.15) is 31.1 Å². The Morgan fingerprint density at radius 2 is 2.05 bits per heavy atom. The molecule has 0 aliphatic heterocycles. The topological polar surface area (TPSA) is 51.0 Å². The van der Waals surface area contributed by atoms with Crippen LogP contribution in [0.3, 0.4) is 0 Å². The minimum Gasteiger partial charge on any atom is -0.464 e. The zero-order chi connectivity index (χ0) is 13.7. The van der Waals surface area contributed by atoms with Crippen LogP contribution in [0.2, 0.25) is 0 Å². The molecule has 0 unspecified atom stereocenters. The minimum absolute atomic E-state index is 0.462. The molecule has 4 nitrogen and oxygen atoms in total. The van der Waals surface area contributed by atoms with Gasteiger partial charge in [-0.1, -0.05) is 25.6 Å². The summed E-state index contributed by atoms with van der Waals surface area (Å²) < 4.78 is 5.75. The lowest BCUT2D eigenvalue weighted by Gasteiger charge is -2.05. The van der Waals surface area contributed by atoms with Crippen LogP contribution in [0, 0.1) is 6.92 Å². The Labute approximate surface area is 118 Å². The Hall–Kier alpha value is -1.33. The molecule has 0 spiro atoms. The van der Waals surface area contributed by atoms with Crippen molar-refractivity contribution in [1.82, 2.24) is 15.3 Å². The van der Waals surface area contributed by atoms with Crippen LogP contribution >= 0.6 is 11.8 Å². The number of furan rings is 1. The molecule has 2 aromatic rings. The third-order valence-electron chi connectivity index (χ3n) is 2.52. The standard InChI is InChI=1S/C14H19N3OS/c1-10(2)16-8-12-4-5-13(18-12)9-19-14-15-7-6-11(3)17-14/h4-7,10,16H,8-9H2,1-3H3. The normalized spacial score (nSPS) is 11.2. The molecular weight excluding hydrogens is 258 g/mol. The van der Waals surface area contributed by atoms with Gasteiger partial charge >= 0.3 is 0 Å². The number of aryl methyl sites for hydroxylation is 1. The van der Waals surface area contributed by atoms with Crippen LogP contribution in [-0.4, -0.2) is 16.0 Å². The van der Waals surface area contributed by atoms with Crippen molar-refractivity contribution in [2.45, 2.75) is 44.3 Å². The molecule has 102 valence electrons. The van der Waals surface area contributed by atoms with E-state index in [0.717, 1.165) is 34.7 Å². The van der Waals surface area contributed by atoms with Gasteiger partial charge in [0.2, 0.25) is 0 Å². The summed E-state index contributed by atoms with van der Waals surface area (Å²) in [5.74, 6) is 2.68. The van der Waals surface area contributed by atoms with E-state index in [4.69, 9.17) is 4.42 Å². The fourth-order valence-electron chi connectivity index (χ4n) is 1.53. The maximum atomic E-state index is 5.75. The van der Waals surface area contributed by atoms with Gasteiger partial charge in [-0.3, -0.25) is 0 Å².